The van der Waals surface area contributed by atoms with E-state index in [4.69, 9.17) is 4.74 Å². The van der Waals surface area contributed by atoms with Gasteiger partial charge in [0, 0.05) is 23.9 Å². The molecule has 0 spiro atoms. The Labute approximate surface area is 165 Å². The highest BCUT2D eigenvalue weighted by Gasteiger charge is 2.40. The standard InChI is InChI=1S/C21H25N3O2S/c1-26-19-10-6-5-9-16(19)17-11-20(25)24-13-23(15-7-3-2-4-8-15)14-27-21(24)18(17)12-22/h5-6,9-10,15,17H,2-4,7-8,11,13-14H2,1H3/t17-/m0/s1. The van der Waals surface area contributed by atoms with Crippen LogP contribution in [-0.4, -0.2) is 41.4 Å². The largest absolute Gasteiger partial charge is 0.496 e. The van der Waals surface area contributed by atoms with Gasteiger partial charge in [-0.25, -0.2) is 0 Å². The summed E-state index contributed by atoms with van der Waals surface area (Å²) in [5.41, 5.74) is 1.62. The zero-order chi connectivity index (χ0) is 18.8. The van der Waals surface area contributed by atoms with Crippen molar-refractivity contribution in [2.75, 3.05) is 19.7 Å². The molecular formula is C21H25N3O2S. The topological polar surface area (TPSA) is 56.6 Å². The molecule has 4 rings (SSSR count). The third-order valence-electron chi connectivity index (χ3n) is 5.92. The van der Waals surface area contributed by atoms with E-state index in [1.54, 1.807) is 18.9 Å². The predicted molar refractivity (Wildman–Crippen MR) is 106 cm³/mol. The number of fused-ring (bicyclic) bond motifs is 1. The number of rotatable bonds is 3. The molecule has 1 saturated heterocycles. The molecule has 0 bridgehead atoms. The van der Waals surface area contributed by atoms with Gasteiger partial charge in [0.05, 0.1) is 36.3 Å². The molecule has 1 atom stereocenters. The first-order valence-corrected chi connectivity index (χ1v) is 10.7. The molecule has 5 nitrogen and oxygen atoms in total. The fourth-order valence-electron chi connectivity index (χ4n) is 4.47. The van der Waals surface area contributed by atoms with Crippen LogP contribution in [0.25, 0.3) is 0 Å². The number of benzene rings is 1. The summed E-state index contributed by atoms with van der Waals surface area (Å²) in [7, 11) is 1.63. The lowest BCUT2D eigenvalue weighted by atomic mass is 9.86. The number of nitrogens with zero attached hydrogens (tertiary/aromatic N) is 3. The van der Waals surface area contributed by atoms with Crippen LogP contribution in [0.5, 0.6) is 5.75 Å². The molecule has 1 saturated carbocycles. The van der Waals surface area contributed by atoms with Crippen LogP contribution < -0.4 is 4.74 Å². The highest BCUT2D eigenvalue weighted by molar-refractivity contribution is 8.03. The van der Waals surface area contributed by atoms with E-state index < -0.39 is 0 Å². The van der Waals surface area contributed by atoms with Gasteiger partial charge < -0.3 is 4.74 Å². The summed E-state index contributed by atoms with van der Waals surface area (Å²) in [6.45, 7) is 0.621. The van der Waals surface area contributed by atoms with Gasteiger partial charge in [-0.05, 0) is 18.9 Å². The Bertz CT molecular complexity index is 795. The summed E-state index contributed by atoms with van der Waals surface area (Å²) in [5.74, 6) is 1.47. The number of thioether (sulfide) groups is 1. The number of allylic oxidation sites excluding steroid dienone is 1. The Morgan fingerprint density at radius 3 is 2.74 bits per heavy atom. The van der Waals surface area contributed by atoms with Crippen LogP contribution in [0, 0.1) is 11.3 Å². The van der Waals surface area contributed by atoms with E-state index in [1.165, 1.54) is 32.1 Å². The number of carbonyl (C=O) groups excluding carboxylic acids is 1. The van der Waals surface area contributed by atoms with Crippen LogP contribution in [0.2, 0.25) is 0 Å². The number of para-hydroxylation sites is 1. The molecule has 1 amide bonds. The fourth-order valence-corrected chi connectivity index (χ4v) is 5.71. The summed E-state index contributed by atoms with van der Waals surface area (Å²) in [5, 5.41) is 10.8. The molecule has 0 N–H and O–H groups in total. The number of methoxy groups -OCH3 is 1. The van der Waals surface area contributed by atoms with Gasteiger partial charge in [0.25, 0.3) is 0 Å². The minimum Gasteiger partial charge on any atom is -0.496 e. The highest BCUT2D eigenvalue weighted by Crippen LogP contribution is 2.45. The average molecular weight is 384 g/mol. The molecule has 27 heavy (non-hydrogen) atoms. The molecule has 1 aliphatic carbocycles. The molecule has 0 unspecified atom stereocenters. The minimum atomic E-state index is -0.223. The van der Waals surface area contributed by atoms with Crippen LogP contribution >= 0.6 is 11.8 Å². The van der Waals surface area contributed by atoms with Crippen molar-refractivity contribution in [3.05, 3.63) is 40.4 Å². The highest BCUT2D eigenvalue weighted by atomic mass is 32.2. The zero-order valence-electron chi connectivity index (χ0n) is 15.7. The lowest BCUT2D eigenvalue weighted by Gasteiger charge is -2.44. The summed E-state index contributed by atoms with van der Waals surface area (Å²) in [6, 6.07) is 10.7. The first-order chi connectivity index (χ1) is 13.2. The van der Waals surface area contributed by atoms with E-state index >= 15 is 0 Å². The molecule has 0 radical (unpaired) electrons. The van der Waals surface area contributed by atoms with Gasteiger partial charge in [-0.15, -0.1) is 0 Å². The molecule has 2 heterocycles. The van der Waals surface area contributed by atoms with Crippen molar-refractivity contribution in [1.29, 1.82) is 5.26 Å². The van der Waals surface area contributed by atoms with E-state index in [2.05, 4.69) is 11.0 Å². The van der Waals surface area contributed by atoms with Gasteiger partial charge in [0.15, 0.2) is 0 Å². The van der Waals surface area contributed by atoms with Gasteiger partial charge in [0.1, 0.15) is 5.75 Å². The lowest BCUT2D eigenvalue weighted by Crippen LogP contribution is -2.51. The normalized spacial score (nSPS) is 24.5. The molecular weight excluding hydrogens is 358 g/mol. The van der Waals surface area contributed by atoms with Crippen LogP contribution in [0.1, 0.15) is 50.0 Å². The second-order valence-electron chi connectivity index (χ2n) is 7.45. The maximum Gasteiger partial charge on any atom is 0.229 e. The van der Waals surface area contributed by atoms with E-state index in [-0.39, 0.29) is 11.8 Å². The summed E-state index contributed by atoms with van der Waals surface area (Å²) in [4.78, 5) is 17.3. The van der Waals surface area contributed by atoms with Crippen molar-refractivity contribution in [3.8, 4) is 11.8 Å². The van der Waals surface area contributed by atoms with Gasteiger partial charge in [0.2, 0.25) is 5.91 Å². The van der Waals surface area contributed by atoms with Gasteiger partial charge in [-0.2, -0.15) is 5.26 Å². The van der Waals surface area contributed by atoms with Crippen molar-refractivity contribution in [3.63, 3.8) is 0 Å². The zero-order valence-corrected chi connectivity index (χ0v) is 16.5. The SMILES string of the molecule is COc1ccccc1[C@@H]1CC(=O)N2CN(C3CCCCC3)CSC2=C1C#N. The Morgan fingerprint density at radius 1 is 1.22 bits per heavy atom. The van der Waals surface area contributed by atoms with Crippen molar-refractivity contribution < 1.29 is 9.53 Å². The smallest absolute Gasteiger partial charge is 0.229 e. The fraction of sp³-hybridized carbons (Fsp3) is 0.524. The van der Waals surface area contributed by atoms with Crippen molar-refractivity contribution >= 4 is 17.7 Å². The number of hydrogen-bond donors (Lipinski definition) is 0. The minimum absolute atomic E-state index is 0.105. The van der Waals surface area contributed by atoms with Crippen LogP contribution in [0.3, 0.4) is 0 Å². The average Bonchev–Trinajstić information content (AvgIpc) is 2.74. The first kappa shape index (κ1) is 18.4. The number of hydrogen-bond acceptors (Lipinski definition) is 5. The van der Waals surface area contributed by atoms with Crippen LogP contribution in [0.4, 0.5) is 0 Å². The van der Waals surface area contributed by atoms with Crippen molar-refractivity contribution in [2.45, 2.75) is 50.5 Å². The number of carbonyl (C=O) groups is 1. The molecule has 6 heteroatoms. The first-order valence-electron chi connectivity index (χ1n) is 9.67. The van der Waals surface area contributed by atoms with Crippen molar-refractivity contribution in [2.24, 2.45) is 0 Å². The summed E-state index contributed by atoms with van der Waals surface area (Å²) >= 11 is 1.64. The molecule has 2 fully saturated rings. The number of ether oxygens (including phenoxy) is 1. The second kappa shape index (κ2) is 7.95. The molecule has 1 aromatic carbocycles. The Balaban J connectivity index is 1.64. The molecule has 1 aromatic rings. The maximum absolute atomic E-state index is 13.0. The molecule has 3 aliphatic rings. The predicted octanol–water partition coefficient (Wildman–Crippen LogP) is 4.04. The monoisotopic (exact) mass is 383 g/mol. The maximum atomic E-state index is 13.0. The number of nitriles is 1. The second-order valence-corrected chi connectivity index (χ2v) is 8.38. The summed E-state index contributed by atoms with van der Waals surface area (Å²) in [6.07, 6.45) is 6.65. The van der Waals surface area contributed by atoms with Crippen molar-refractivity contribution in [1.82, 2.24) is 9.80 Å². The quantitative estimate of drug-likeness (QED) is 0.788. The number of amides is 1. The van der Waals surface area contributed by atoms with E-state index in [1.807, 2.05) is 29.2 Å². The third kappa shape index (κ3) is 3.46. The molecule has 142 valence electrons. The van der Waals surface area contributed by atoms with E-state index in [0.717, 1.165) is 22.2 Å². The van der Waals surface area contributed by atoms with Gasteiger partial charge in [-0.1, -0.05) is 49.2 Å². The summed E-state index contributed by atoms with van der Waals surface area (Å²) < 4.78 is 5.49. The van der Waals surface area contributed by atoms with E-state index in [0.29, 0.717) is 24.7 Å². The Hall–Kier alpha value is -1.97. The van der Waals surface area contributed by atoms with E-state index in [9.17, 15) is 10.1 Å². The molecule has 2 aliphatic heterocycles. The third-order valence-corrected chi connectivity index (χ3v) is 7.09. The molecule has 0 aromatic heterocycles. The Kier molecular flexibility index (Phi) is 5.42. The van der Waals surface area contributed by atoms with Gasteiger partial charge >= 0.3 is 0 Å². The van der Waals surface area contributed by atoms with Crippen LogP contribution in [-0.2, 0) is 4.79 Å². The lowest BCUT2D eigenvalue weighted by molar-refractivity contribution is -0.132. The van der Waals surface area contributed by atoms with Gasteiger partial charge in [-0.3, -0.25) is 14.6 Å². The van der Waals surface area contributed by atoms with Crippen LogP contribution in [0.15, 0.2) is 34.9 Å². The Morgan fingerprint density at radius 2 is 2.00 bits per heavy atom.